The first-order valence-corrected chi connectivity index (χ1v) is 8.62. The first kappa shape index (κ1) is 19.4. The van der Waals surface area contributed by atoms with E-state index in [1.807, 2.05) is 0 Å². The fraction of sp³-hybridized carbons (Fsp3) is 0.222. The van der Waals surface area contributed by atoms with E-state index in [-0.39, 0.29) is 23.8 Å². The molecule has 0 atom stereocenters. The molecule has 9 nitrogen and oxygen atoms in total. The van der Waals surface area contributed by atoms with E-state index >= 15 is 0 Å². The van der Waals surface area contributed by atoms with E-state index < -0.39 is 11.9 Å². The highest BCUT2D eigenvalue weighted by atomic mass is 35.5. The molecular formula is C18H18ClN5O4. The van der Waals surface area contributed by atoms with Gasteiger partial charge in [0.15, 0.2) is 18.1 Å². The lowest BCUT2D eigenvalue weighted by molar-refractivity contribution is 0.0594. The topological polar surface area (TPSA) is 100 Å². The lowest BCUT2D eigenvalue weighted by atomic mass is 10.2. The Hall–Kier alpha value is -3.33. The molecule has 0 radical (unpaired) electrons. The van der Waals surface area contributed by atoms with Crippen molar-refractivity contribution in [2.24, 2.45) is 7.05 Å². The normalized spacial score (nSPS) is 10.6. The molecule has 1 aromatic carbocycles. The van der Waals surface area contributed by atoms with Crippen molar-refractivity contribution in [3.63, 3.8) is 0 Å². The van der Waals surface area contributed by atoms with Gasteiger partial charge in [-0.15, -0.1) is 0 Å². The van der Waals surface area contributed by atoms with Crippen LogP contribution in [0.25, 0.3) is 0 Å². The maximum absolute atomic E-state index is 12.5. The summed E-state index contributed by atoms with van der Waals surface area (Å²) < 4.78 is 13.2. The summed E-state index contributed by atoms with van der Waals surface area (Å²) in [4.78, 5) is 24.4. The van der Waals surface area contributed by atoms with E-state index in [9.17, 15) is 9.59 Å². The number of carbonyl (C=O) groups is 2. The summed E-state index contributed by atoms with van der Waals surface area (Å²) in [5.74, 6) is -0.537. The lowest BCUT2D eigenvalue weighted by Gasteiger charge is -2.06. The van der Waals surface area contributed by atoms with Crippen LogP contribution in [0.15, 0.2) is 36.5 Å². The quantitative estimate of drug-likeness (QED) is 0.635. The number of nitrogens with zero attached hydrogens (tertiary/aromatic N) is 4. The van der Waals surface area contributed by atoms with Gasteiger partial charge in [-0.25, -0.2) is 9.48 Å². The van der Waals surface area contributed by atoms with Crippen LogP contribution in [0.4, 0.5) is 5.69 Å². The number of nitrogens with one attached hydrogen (secondary N) is 1. The largest absolute Gasteiger partial charge is 0.471 e. The monoisotopic (exact) mass is 403 g/mol. The number of methoxy groups -OCH3 is 1. The molecule has 0 aliphatic rings. The van der Waals surface area contributed by atoms with Gasteiger partial charge in [0.05, 0.1) is 18.5 Å². The number of rotatable bonds is 6. The van der Waals surface area contributed by atoms with Crippen LogP contribution in [0.3, 0.4) is 0 Å². The molecule has 2 aromatic heterocycles. The predicted molar refractivity (Wildman–Crippen MR) is 102 cm³/mol. The van der Waals surface area contributed by atoms with Gasteiger partial charge < -0.3 is 14.8 Å². The van der Waals surface area contributed by atoms with Gasteiger partial charge >= 0.3 is 5.97 Å². The molecule has 0 aliphatic carbocycles. The molecule has 0 saturated carbocycles. The highest BCUT2D eigenvalue weighted by Crippen LogP contribution is 2.21. The zero-order valence-electron chi connectivity index (χ0n) is 15.5. The average molecular weight is 404 g/mol. The molecule has 3 rings (SSSR count). The minimum Gasteiger partial charge on any atom is -0.471 e. The van der Waals surface area contributed by atoms with E-state index in [1.165, 1.54) is 16.5 Å². The molecule has 0 aliphatic heterocycles. The SMILES string of the molecule is COC(=O)c1nn(C)c(C)c1NC(=O)c1ccn(COc2cccc(Cl)c2)n1. The number of anilines is 1. The van der Waals surface area contributed by atoms with Crippen LogP contribution in [0.1, 0.15) is 26.7 Å². The molecule has 2 heterocycles. The summed E-state index contributed by atoms with van der Waals surface area (Å²) >= 11 is 5.91. The summed E-state index contributed by atoms with van der Waals surface area (Å²) in [5.41, 5.74) is 1.08. The Labute approximate surface area is 165 Å². The van der Waals surface area contributed by atoms with E-state index in [4.69, 9.17) is 21.1 Å². The zero-order valence-corrected chi connectivity index (χ0v) is 16.2. The summed E-state index contributed by atoms with van der Waals surface area (Å²) in [7, 11) is 2.92. The number of aryl methyl sites for hydroxylation is 1. The zero-order chi connectivity index (χ0) is 20.3. The first-order valence-electron chi connectivity index (χ1n) is 8.24. The van der Waals surface area contributed by atoms with Crippen molar-refractivity contribution in [3.05, 3.63) is 58.6 Å². The Kier molecular flexibility index (Phi) is 5.65. The van der Waals surface area contributed by atoms with Crippen LogP contribution < -0.4 is 10.1 Å². The molecule has 0 spiro atoms. The lowest BCUT2D eigenvalue weighted by Crippen LogP contribution is -2.17. The van der Waals surface area contributed by atoms with Crippen molar-refractivity contribution >= 4 is 29.2 Å². The Morgan fingerprint density at radius 1 is 1.25 bits per heavy atom. The highest BCUT2D eigenvalue weighted by molar-refractivity contribution is 6.30. The van der Waals surface area contributed by atoms with Crippen molar-refractivity contribution in [2.45, 2.75) is 13.7 Å². The average Bonchev–Trinajstić information content (AvgIpc) is 3.26. The minimum absolute atomic E-state index is 0.0274. The number of aromatic nitrogens is 4. The second kappa shape index (κ2) is 8.13. The van der Waals surface area contributed by atoms with Gasteiger partial charge in [-0.1, -0.05) is 17.7 Å². The number of amides is 1. The molecule has 1 N–H and O–H groups in total. The number of halogens is 1. The standard InChI is InChI=1S/C18H18ClN5O4/c1-11-15(16(18(26)27-3)22-23(11)2)20-17(25)14-7-8-24(21-14)10-28-13-6-4-5-12(19)9-13/h4-9H,10H2,1-3H3,(H,20,25). The van der Waals surface area contributed by atoms with Gasteiger partial charge in [0.25, 0.3) is 5.91 Å². The van der Waals surface area contributed by atoms with E-state index in [0.717, 1.165) is 0 Å². The summed E-state index contributed by atoms with van der Waals surface area (Å²) in [6, 6.07) is 8.50. The van der Waals surface area contributed by atoms with Crippen molar-refractivity contribution in [3.8, 4) is 5.75 Å². The van der Waals surface area contributed by atoms with Crippen LogP contribution in [0.5, 0.6) is 5.75 Å². The number of esters is 1. The van der Waals surface area contributed by atoms with Crippen LogP contribution in [0, 0.1) is 6.92 Å². The molecular weight excluding hydrogens is 386 g/mol. The first-order chi connectivity index (χ1) is 13.4. The molecule has 0 unspecified atom stereocenters. The predicted octanol–water partition coefficient (Wildman–Crippen LogP) is 2.65. The number of benzene rings is 1. The van der Waals surface area contributed by atoms with E-state index in [0.29, 0.717) is 16.5 Å². The van der Waals surface area contributed by atoms with Crippen molar-refractivity contribution in [1.82, 2.24) is 19.6 Å². The van der Waals surface area contributed by atoms with Gasteiger partial charge in [0.2, 0.25) is 0 Å². The number of hydrogen-bond acceptors (Lipinski definition) is 6. The molecule has 3 aromatic rings. The summed E-state index contributed by atoms with van der Waals surface area (Å²) in [5, 5.41) is 11.5. The maximum Gasteiger partial charge on any atom is 0.360 e. The van der Waals surface area contributed by atoms with Gasteiger partial charge in [0.1, 0.15) is 5.75 Å². The van der Waals surface area contributed by atoms with Crippen molar-refractivity contribution < 1.29 is 19.1 Å². The smallest absolute Gasteiger partial charge is 0.360 e. The molecule has 10 heteroatoms. The number of ether oxygens (including phenoxy) is 2. The Bertz CT molecular complexity index is 1030. The molecule has 0 bridgehead atoms. The molecule has 28 heavy (non-hydrogen) atoms. The van der Waals surface area contributed by atoms with Gasteiger partial charge in [-0.2, -0.15) is 10.2 Å². The van der Waals surface area contributed by atoms with Crippen LogP contribution in [0.2, 0.25) is 5.02 Å². The molecule has 0 fully saturated rings. The molecule has 146 valence electrons. The fourth-order valence-corrected chi connectivity index (χ4v) is 2.61. The highest BCUT2D eigenvalue weighted by Gasteiger charge is 2.23. The van der Waals surface area contributed by atoms with Crippen molar-refractivity contribution in [2.75, 3.05) is 12.4 Å². The second-order valence-electron chi connectivity index (χ2n) is 5.85. The second-order valence-corrected chi connectivity index (χ2v) is 6.29. The van der Waals surface area contributed by atoms with Gasteiger partial charge in [-0.3, -0.25) is 9.48 Å². The Morgan fingerprint density at radius 3 is 2.75 bits per heavy atom. The van der Waals surface area contributed by atoms with E-state index in [2.05, 4.69) is 15.5 Å². The maximum atomic E-state index is 12.5. The Balaban J connectivity index is 1.70. The van der Waals surface area contributed by atoms with Crippen LogP contribution >= 0.6 is 11.6 Å². The third-order valence-electron chi connectivity index (χ3n) is 3.98. The third-order valence-corrected chi connectivity index (χ3v) is 4.22. The fourth-order valence-electron chi connectivity index (χ4n) is 2.43. The van der Waals surface area contributed by atoms with E-state index in [1.54, 1.807) is 50.5 Å². The number of hydrogen-bond donors (Lipinski definition) is 1. The minimum atomic E-state index is -0.639. The molecule has 0 saturated heterocycles. The van der Waals surface area contributed by atoms with Gasteiger partial charge in [0, 0.05) is 18.3 Å². The Morgan fingerprint density at radius 2 is 2.04 bits per heavy atom. The summed E-state index contributed by atoms with van der Waals surface area (Å²) in [6.07, 6.45) is 1.61. The van der Waals surface area contributed by atoms with Crippen LogP contribution in [-0.2, 0) is 18.5 Å². The molecule has 1 amide bonds. The van der Waals surface area contributed by atoms with Gasteiger partial charge in [-0.05, 0) is 31.2 Å². The van der Waals surface area contributed by atoms with Crippen LogP contribution in [-0.4, -0.2) is 38.5 Å². The summed E-state index contributed by atoms with van der Waals surface area (Å²) in [6.45, 7) is 1.83. The third kappa shape index (κ3) is 4.15. The number of carbonyl (C=O) groups excluding carboxylic acids is 2. The van der Waals surface area contributed by atoms with Crippen molar-refractivity contribution in [1.29, 1.82) is 0 Å².